The van der Waals surface area contributed by atoms with E-state index in [9.17, 15) is 14.4 Å². The molecule has 9 heteroatoms. The predicted molar refractivity (Wildman–Crippen MR) is 92.7 cm³/mol. The van der Waals surface area contributed by atoms with Gasteiger partial charge in [-0.2, -0.15) is 9.90 Å². The molecule has 1 atom stereocenters. The van der Waals surface area contributed by atoms with Crippen LogP contribution in [0.1, 0.15) is 30.0 Å². The molecule has 2 aromatic rings. The van der Waals surface area contributed by atoms with Crippen LogP contribution in [0.5, 0.6) is 0 Å². The zero-order chi connectivity index (χ0) is 19.1. The zero-order valence-electron chi connectivity index (χ0n) is 14.9. The fourth-order valence-electron chi connectivity index (χ4n) is 2.12. The molecule has 2 N–H and O–H groups in total. The van der Waals surface area contributed by atoms with E-state index in [0.29, 0.717) is 17.9 Å². The van der Waals surface area contributed by atoms with Crippen molar-refractivity contribution in [2.75, 3.05) is 13.2 Å². The van der Waals surface area contributed by atoms with Gasteiger partial charge in [0.15, 0.2) is 12.3 Å². The number of aryl methyl sites for hydroxylation is 1. The highest BCUT2D eigenvalue weighted by Gasteiger charge is 2.20. The molecule has 138 valence electrons. The number of carbonyl (C=O) groups excluding carboxylic acids is 3. The Morgan fingerprint density at radius 3 is 2.54 bits per heavy atom. The summed E-state index contributed by atoms with van der Waals surface area (Å²) in [7, 11) is 0. The number of aromatic nitrogens is 3. The number of ether oxygens (including phenoxy) is 1. The lowest BCUT2D eigenvalue weighted by Crippen LogP contribution is -2.46. The van der Waals surface area contributed by atoms with E-state index in [4.69, 9.17) is 4.74 Å². The first-order chi connectivity index (χ1) is 12.4. The van der Waals surface area contributed by atoms with Crippen LogP contribution >= 0.6 is 0 Å². The van der Waals surface area contributed by atoms with Gasteiger partial charge in [-0.05, 0) is 32.9 Å². The van der Waals surface area contributed by atoms with E-state index in [1.807, 2.05) is 18.2 Å². The quantitative estimate of drug-likeness (QED) is 0.690. The molecule has 2 amide bonds. The van der Waals surface area contributed by atoms with Gasteiger partial charge in [-0.1, -0.05) is 18.2 Å². The Kier molecular flexibility index (Phi) is 6.42. The van der Waals surface area contributed by atoms with Gasteiger partial charge in [0.2, 0.25) is 5.91 Å². The molecule has 0 saturated heterocycles. The van der Waals surface area contributed by atoms with E-state index in [1.54, 1.807) is 32.9 Å². The monoisotopic (exact) mass is 359 g/mol. The lowest BCUT2D eigenvalue weighted by molar-refractivity contribution is -0.130. The van der Waals surface area contributed by atoms with Gasteiger partial charge in [0.1, 0.15) is 6.04 Å². The molecule has 0 unspecified atom stereocenters. The molecule has 0 bridgehead atoms. The number of para-hydroxylation sites is 1. The number of likely N-dealkylation sites (N-methyl/N-ethyl adjacent to an activating group) is 1. The van der Waals surface area contributed by atoms with E-state index < -0.39 is 24.5 Å². The molecular formula is C17H21N5O4. The molecule has 0 aliphatic heterocycles. The van der Waals surface area contributed by atoms with Crippen molar-refractivity contribution >= 4 is 17.8 Å². The Hall–Kier alpha value is -3.23. The van der Waals surface area contributed by atoms with Crippen LogP contribution in [-0.2, 0) is 14.3 Å². The Balaban J connectivity index is 1.93. The smallest absolute Gasteiger partial charge is 0.361 e. The maximum atomic E-state index is 12.1. The van der Waals surface area contributed by atoms with Crippen LogP contribution < -0.4 is 10.6 Å². The molecule has 2 rings (SSSR count). The number of hydrogen-bond donors (Lipinski definition) is 2. The first kappa shape index (κ1) is 19.1. The van der Waals surface area contributed by atoms with Crippen molar-refractivity contribution in [2.24, 2.45) is 0 Å². The highest BCUT2D eigenvalue weighted by Crippen LogP contribution is 2.09. The molecule has 9 nitrogen and oxygen atoms in total. The molecule has 0 fully saturated rings. The van der Waals surface area contributed by atoms with Crippen molar-refractivity contribution in [3.05, 3.63) is 41.7 Å². The van der Waals surface area contributed by atoms with Gasteiger partial charge in [-0.15, -0.1) is 5.10 Å². The lowest BCUT2D eigenvalue weighted by atomic mass is 10.3. The fraction of sp³-hybridized carbons (Fsp3) is 0.353. The first-order valence-corrected chi connectivity index (χ1v) is 8.16. The van der Waals surface area contributed by atoms with E-state index in [1.165, 1.54) is 4.80 Å². The van der Waals surface area contributed by atoms with Crippen LogP contribution in [0.2, 0.25) is 0 Å². The van der Waals surface area contributed by atoms with Gasteiger partial charge in [-0.25, -0.2) is 4.79 Å². The van der Waals surface area contributed by atoms with E-state index in [2.05, 4.69) is 20.8 Å². The van der Waals surface area contributed by atoms with Gasteiger partial charge in [-0.3, -0.25) is 9.59 Å². The minimum Gasteiger partial charge on any atom is -0.451 e. The molecule has 1 aromatic carbocycles. The fourth-order valence-corrected chi connectivity index (χ4v) is 2.12. The van der Waals surface area contributed by atoms with Gasteiger partial charge in [0.25, 0.3) is 5.91 Å². The second-order valence-corrected chi connectivity index (χ2v) is 5.52. The maximum absolute atomic E-state index is 12.1. The van der Waals surface area contributed by atoms with Gasteiger partial charge in [0, 0.05) is 6.54 Å². The second kappa shape index (κ2) is 8.75. The number of benzene rings is 1. The SMILES string of the molecule is CCNC(=O)[C@H](C)NC(=O)COC(=O)c1nn(-c2ccccc2)nc1C. The first-order valence-electron chi connectivity index (χ1n) is 8.16. The maximum Gasteiger partial charge on any atom is 0.361 e. The molecule has 26 heavy (non-hydrogen) atoms. The van der Waals surface area contributed by atoms with Crippen LogP contribution in [0.4, 0.5) is 0 Å². The Morgan fingerprint density at radius 1 is 1.19 bits per heavy atom. The van der Waals surface area contributed by atoms with Crippen molar-refractivity contribution < 1.29 is 19.1 Å². The summed E-state index contributed by atoms with van der Waals surface area (Å²) >= 11 is 0. The third kappa shape index (κ3) is 4.88. The van der Waals surface area contributed by atoms with Crippen LogP contribution in [0.3, 0.4) is 0 Å². The van der Waals surface area contributed by atoms with Crippen molar-refractivity contribution in [2.45, 2.75) is 26.8 Å². The topological polar surface area (TPSA) is 115 Å². The van der Waals surface area contributed by atoms with Crippen LogP contribution in [-0.4, -0.2) is 52.0 Å². The summed E-state index contributed by atoms with van der Waals surface area (Å²) in [5.41, 5.74) is 1.11. The zero-order valence-corrected chi connectivity index (χ0v) is 14.9. The minimum atomic E-state index is -0.759. The molecular weight excluding hydrogens is 338 g/mol. The molecule has 0 aliphatic rings. The largest absolute Gasteiger partial charge is 0.451 e. The number of rotatable bonds is 7. The normalized spacial score (nSPS) is 11.5. The number of nitrogens with one attached hydrogen (secondary N) is 2. The number of amides is 2. The van der Waals surface area contributed by atoms with Crippen molar-refractivity contribution in [1.82, 2.24) is 25.6 Å². The van der Waals surface area contributed by atoms with E-state index in [0.717, 1.165) is 0 Å². The summed E-state index contributed by atoms with van der Waals surface area (Å²) < 4.78 is 4.96. The highest BCUT2D eigenvalue weighted by molar-refractivity contribution is 5.91. The standard InChI is InChI=1S/C17H21N5O4/c1-4-18-16(24)12(3)19-14(23)10-26-17(25)15-11(2)20-22(21-15)13-8-6-5-7-9-13/h5-9,12H,4,10H2,1-3H3,(H,18,24)(H,19,23)/t12-/m0/s1. The van der Waals surface area contributed by atoms with Gasteiger partial charge >= 0.3 is 5.97 Å². The summed E-state index contributed by atoms with van der Waals surface area (Å²) in [6.07, 6.45) is 0. The summed E-state index contributed by atoms with van der Waals surface area (Å²) in [6.45, 7) is 4.89. The van der Waals surface area contributed by atoms with Crippen LogP contribution in [0.15, 0.2) is 30.3 Å². The summed E-state index contributed by atoms with van der Waals surface area (Å²) in [4.78, 5) is 36.8. The van der Waals surface area contributed by atoms with E-state index in [-0.39, 0.29) is 11.6 Å². The summed E-state index contributed by atoms with van der Waals surface area (Å²) in [5.74, 6) is -1.65. The van der Waals surface area contributed by atoms with Gasteiger partial charge in [0.05, 0.1) is 11.4 Å². The summed E-state index contributed by atoms with van der Waals surface area (Å²) in [6, 6.07) is 8.38. The molecule has 0 radical (unpaired) electrons. The number of hydrogen-bond acceptors (Lipinski definition) is 6. The second-order valence-electron chi connectivity index (χ2n) is 5.52. The predicted octanol–water partition coefficient (Wildman–Crippen LogP) is 0.373. The molecule has 1 heterocycles. The number of esters is 1. The van der Waals surface area contributed by atoms with Crippen LogP contribution in [0.25, 0.3) is 5.69 Å². The van der Waals surface area contributed by atoms with E-state index >= 15 is 0 Å². The number of carbonyl (C=O) groups is 3. The Bertz CT molecular complexity index is 788. The van der Waals surface area contributed by atoms with Crippen molar-refractivity contribution in [3.63, 3.8) is 0 Å². The average Bonchev–Trinajstić information content (AvgIpc) is 3.02. The molecule has 0 spiro atoms. The molecule has 1 aromatic heterocycles. The van der Waals surface area contributed by atoms with Crippen molar-refractivity contribution in [1.29, 1.82) is 0 Å². The minimum absolute atomic E-state index is 0.0263. The Labute approximate surface area is 150 Å². The third-order valence-corrected chi connectivity index (χ3v) is 3.42. The van der Waals surface area contributed by atoms with Crippen LogP contribution in [0, 0.1) is 6.92 Å². The number of nitrogens with zero attached hydrogens (tertiary/aromatic N) is 3. The Morgan fingerprint density at radius 2 is 1.88 bits per heavy atom. The molecule has 0 aliphatic carbocycles. The molecule has 0 saturated carbocycles. The van der Waals surface area contributed by atoms with Crippen molar-refractivity contribution in [3.8, 4) is 5.69 Å². The summed E-state index contributed by atoms with van der Waals surface area (Å²) in [5, 5.41) is 13.3. The lowest BCUT2D eigenvalue weighted by Gasteiger charge is -2.13. The van der Waals surface area contributed by atoms with Gasteiger partial charge < -0.3 is 15.4 Å². The highest BCUT2D eigenvalue weighted by atomic mass is 16.5. The third-order valence-electron chi connectivity index (χ3n) is 3.42. The average molecular weight is 359 g/mol.